The Morgan fingerprint density at radius 2 is 1.63 bits per heavy atom. The molecule has 0 unspecified atom stereocenters. The number of hydrogen-bond acceptors (Lipinski definition) is 4. The Balaban J connectivity index is 0. The van der Waals surface area contributed by atoms with Crippen LogP contribution in [0.1, 0.15) is 47.5 Å². The van der Waals surface area contributed by atoms with Gasteiger partial charge in [0.2, 0.25) is 0 Å². The minimum absolute atomic E-state index is 0.296. The Hall–Kier alpha value is -0.650. The number of aliphatic hydroxyl groups is 1. The Morgan fingerprint density at radius 3 is 2.00 bits per heavy atom. The van der Waals surface area contributed by atoms with E-state index in [-0.39, 0.29) is 0 Å². The van der Waals surface area contributed by atoms with Gasteiger partial charge in [-0.1, -0.05) is 13.8 Å². The van der Waals surface area contributed by atoms with E-state index < -0.39 is 11.6 Å². The molecule has 0 radical (unpaired) electrons. The molecule has 1 rings (SSSR count). The molecule has 0 bridgehead atoms. The number of rotatable bonds is 4. The normalized spacial score (nSPS) is 15.7. The quantitative estimate of drug-likeness (QED) is 0.727. The summed E-state index contributed by atoms with van der Waals surface area (Å²) in [4.78, 5) is 12.5. The van der Waals surface area contributed by atoms with Crippen LogP contribution >= 0.6 is 0 Å². The van der Waals surface area contributed by atoms with E-state index >= 15 is 0 Å². The van der Waals surface area contributed by atoms with Crippen LogP contribution in [0.4, 0.5) is 0 Å². The van der Waals surface area contributed by atoms with Crippen molar-refractivity contribution in [1.29, 1.82) is 0 Å². The number of aliphatic carboxylic acids is 1. The number of hydrogen-bond donors (Lipinski definition) is 3. The first-order valence-corrected chi connectivity index (χ1v) is 7.16. The monoisotopic (exact) mass is 276 g/mol. The Kier molecular flexibility index (Phi) is 13.5. The zero-order valence-electron chi connectivity index (χ0n) is 13.2. The summed E-state index contributed by atoms with van der Waals surface area (Å²) in [7, 11) is 0. The van der Waals surface area contributed by atoms with Gasteiger partial charge in [-0.3, -0.25) is 4.79 Å². The molecule has 1 aliphatic rings. The molecule has 3 N–H and O–H groups in total. The van der Waals surface area contributed by atoms with Gasteiger partial charge in [0.1, 0.15) is 0 Å². The maximum atomic E-state index is 10.2. The third-order valence-electron chi connectivity index (χ3n) is 2.07. The van der Waals surface area contributed by atoms with E-state index in [1.54, 1.807) is 20.8 Å². The predicted octanol–water partition coefficient (Wildman–Crippen LogP) is 1.56. The zero-order chi connectivity index (χ0) is 15.3. The van der Waals surface area contributed by atoms with Gasteiger partial charge in [0, 0.05) is 32.6 Å². The first-order valence-electron chi connectivity index (χ1n) is 7.16. The first kappa shape index (κ1) is 20.7. The van der Waals surface area contributed by atoms with Crippen molar-refractivity contribution in [3.05, 3.63) is 0 Å². The molecule has 0 aromatic carbocycles. The molecule has 5 nitrogen and oxygen atoms in total. The molecule has 1 heterocycles. The van der Waals surface area contributed by atoms with Crippen LogP contribution in [0.2, 0.25) is 0 Å². The van der Waals surface area contributed by atoms with Crippen molar-refractivity contribution in [2.45, 2.75) is 53.1 Å². The highest BCUT2D eigenvalue weighted by atomic mass is 16.4. The van der Waals surface area contributed by atoms with Gasteiger partial charge in [0.15, 0.2) is 0 Å². The van der Waals surface area contributed by atoms with Crippen LogP contribution in [-0.4, -0.2) is 59.4 Å². The van der Waals surface area contributed by atoms with Gasteiger partial charge in [-0.2, -0.15) is 0 Å². The molecule has 116 valence electrons. The van der Waals surface area contributed by atoms with Gasteiger partial charge in [0.25, 0.3) is 0 Å². The molecular weight excluding hydrogens is 244 g/mol. The number of nitrogens with zero attached hydrogens (tertiary/aromatic N) is 1. The highest BCUT2D eigenvalue weighted by Gasteiger charge is 2.08. The molecule has 0 aromatic rings. The summed E-state index contributed by atoms with van der Waals surface area (Å²) >= 11 is 0. The fraction of sp³-hybridized carbons (Fsp3) is 0.929. The highest BCUT2D eigenvalue weighted by molar-refractivity contribution is 5.66. The molecule has 0 aromatic heterocycles. The molecule has 19 heavy (non-hydrogen) atoms. The van der Waals surface area contributed by atoms with Crippen molar-refractivity contribution < 1.29 is 15.0 Å². The van der Waals surface area contributed by atoms with Gasteiger partial charge in [0.05, 0.1) is 5.60 Å². The van der Waals surface area contributed by atoms with Gasteiger partial charge < -0.3 is 20.4 Å². The minimum atomic E-state index is -0.690. The largest absolute Gasteiger partial charge is 0.481 e. The lowest BCUT2D eigenvalue weighted by Crippen LogP contribution is -2.43. The predicted molar refractivity (Wildman–Crippen MR) is 79.5 cm³/mol. The topological polar surface area (TPSA) is 72.8 Å². The van der Waals surface area contributed by atoms with E-state index in [1.807, 2.05) is 13.8 Å². The lowest BCUT2D eigenvalue weighted by molar-refractivity contribution is -0.137. The molecule has 1 aliphatic heterocycles. The number of carboxylic acid groups (broad SMARTS) is 1. The lowest BCUT2D eigenvalue weighted by Gasteiger charge is -2.26. The van der Waals surface area contributed by atoms with E-state index in [0.717, 1.165) is 39.1 Å². The number of piperazine rings is 1. The van der Waals surface area contributed by atoms with Crippen LogP contribution in [0.25, 0.3) is 0 Å². The lowest BCUT2D eigenvalue weighted by atomic mass is 10.2. The number of carbonyl (C=O) groups is 1. The summed E-state index contributed by atoms with van der Waals surface area (Å²) in [5, 5.41) is 20.2. The van der Waals surface area contributed by atoms with E-state index in [4.69, 9.17) is 10.2 Å². The van der Waals surface area contributed by atoms with Crippen LogP contribution in [0, 0.1) is 0 Å². The van der Waals surface area contributed by atoms with Gasteiger partial charge >= 0.3 is 5.97 Å². The van der Waals surface area contributed by atoms with Crippen LogP contribution in [0.5, 0.6) is 0 Å². The van der Waals surface area contributed by atoms with Crippen molar-refractivity contribution in [2.24, 2.45) is 0 Å². The molecule has 0 aliphatic carbocycles. The van der Waals surface area contributed by atoms with E-state index in [1.165, 1.54) is 0 Å². The van der Waals surface area contributed by atoms with E-state index in [9.17, 15) is 4.79 Å². The third-order valence-corrected chi connectivity index (χ3v) is 2.07. The van der Waals surface area contributed by atoms with E-state index in [0.29, 0.717) is 6.42 Å². The summed E-state index contributed by atoms with van der Waals surface area (Å²) in [6, 6.07) is 0. The van der Waals surface area contributed by atoms with Gasteiger partial charge in [-0.15, -0.1) is 0 Å². The summed E-state index contributed by atoms with van der Waals surface area (Å²) in [5.74, 6) is -0.690. The standard InChI is InChI=1S/C8H16N2O2.C4H10O.C2H6/c11-8(12)2-1-5-10-6-3-9-4-7-10;1-4(2,3)5;1-2/h9H,1-7H2,(H,11,12);5H,1-3H3;1-2H3. The maximum absolute atomic E-state index is 10.2. The fourth-order valence-electron chi connectivity index (χ4n) is 1.39. The fourth-order valence-corrected chi connectivity index (χ4v) is 1.39. The van der Waals surface area contributed by atoms with Crippen LogP contribution in [0.3, 0.4) is 0 Å². The summed E-state index contributed by atoms with van der Waals surface area (Å²) < 4.78 is 0. The molecule has 0 amide bonds. The van der Waals surface area contributed by atoms with Crippen molar-refractivity contribution in [3.8, 4) is 0 Å². The summed E-state index contributed by atoms with van der Waals surface area (Å²) in [5.41, 5.74) is -0.500. The highest BCUT2D eigenvalue weighted by Crippen LogP contribution is 1.97. The van der Waals surface area contributed by atoms with Crippen molar-refractivity contribution >= 4 is 5.97 Å². The SMILES string of the molecule is CC.CC(C)(C)O.O=C(O)CCCN1CCNCC1. The van der Waals surface area contributed by atoms with Crippen LogP contribution in [-0.2, 0) is 4.79 Å². The average Bonchev–Trinajstić information content (AvgIpc) is 2.30. The van der Waals surface area contributed by atoms with Crippen molar-refractivity contribution in [1.82, 2.24) is 10.2 Å². The molecule has 0 atom stereocenters. The molecular formula is C14H32N2O3. The van der Waals surface area contributed by atoms with Crippen molar-refractivity contribution in [3.63, 3.8) is 0 Å². The Bertz CT molecular complexity index is 203. The van der Waals surface area contributed by atoms with Gasteiger partial charge in [-0.05, 0) is 33.7 Å². The molecule has 0 spiro atoms. The molecule has 1 fully saturated rings. The van der Waals surface area contributed by atoms with Gasteiger partial charge in [-0.25, -0.2) is 0 Å². The second-order valence-corrected chi connectivity index (χ2v) is 5.26. The smallest absolute Gasteiger partial charge is 0.303 e. The Morgan fingerprint density at radius 1 is 1.21 bits per heavy atom. The second kappa shape index (κ2) is 12.4. The van der Waals surface area contributed by atoms with Crippen LogP contribution in [0.15, 0.2) is 0 Å². The summed E-state index contributed by atoms with van der Waals surface area (Å²) in [6.45, 7) is 14.3. The van der Waals surface area contributed by atoms with Crippen LogP contribution < -0.4 is 5.32 Å². The molecule has 1 saturated heterocycles. The third kappa shape index (κ3) is 22.9. The first-order chi connectivity index (χ1) is 8.79. The average molecular weight is 276 g/mol. The minimum Gasteiger partial charge on any atom is -0.481 e. The molecule has 0 saturated carbocycles. The zero-order valence-corrected chi connectivity index (χ0v) is 13.2. The van der Waals surface area contributed by atoms with Crippen molar-refractivity contribution in [2.75, 3.05) is 32.7 Å². The number of nitrogens with one attached hydrogen (secondary N) is 1. The molecule has 5 heteroatoms. The van der Waals surface area contributed by atoms with E-state index in [2.05, 4.69) is 10.2 Å². The number of carboxylic acids is 1. The summed E-state index contributed by atoms with van der Waals surface area (Å²) in [6.07, 6.45) is 1.07. The second-order valence-electron chi connectivity index (χ2n) is 5.26. The Labute approximate surface area is 118 Å². The maximum Gasteiger partial charge on any atom is 0.303 e.